The maximum absolute atomic E-state index is 14.3. The highest BCUT2D eigenvalue weighted by Crippen LogP contribution is 2.37. The van der Waals surface area contributed by atoms with E-state index in [9.17, 15) is 24.3 Å². The molecule has 0 radical (unpaired) electrons. The number of aliphatic hydroxyl groups is 1. The first-order chi connectivity index (χ1) is 24.2. The number of nitrogens with one attached hydrogen (secondary N) is 3. The summed E-state index contributed by atoms with van der Waals surface area (Å²) in [6.45, 7) is 17.6. The Labute approximate surface area is 310 Å². The number of amides is 2. The number of esters is 1. The molecule has 0 aromatic rings. The zero-order chi connectivity index (χ0) is 39.3. The van der Waals surface area contributed by atoms with Crippen molar-refractivity contribution in [1.82, 2.24) is 25.8 Å². The van der Waals surface area contributed by atoms with Gasteiger partial charge in [0.25, 0.3) is 0 Å². The van der Waals surface area contributed by atoms with E-state index >= 15 is 0 Å². The Morgan fingerprint density at radius 2 is 1.77 bits per heavy atom. The summed E-state index contributed by atoms with van der Waals surface area (Å²) < 4.78 is 31.0. The molecule has 0 saturated carbocycles. The van der Waals surface area contributed by atoms with Crippen molar-refractivity contribution in [3.05, 3.63) is 0 Å². The van der Waals surface area contributed by atoms with Crippen LogP contribution in [0.1, 0.15) is 81.6 Å². The fourth-order valence-electron chi connectivity index (χ4n) is 7.85. The van der Waals surface area contributed by atoms with Crippen LogP contribution in [0.4, 0.5) is 4.79 Å². The average Bonchev–Trinajstić information content (AvgIpc) is 3.40. The van der Waals surface area contributed by atoms with E-state index in [1.165, 1.54) is 6.92 Å². The van der Waals surface area contributed by atoms with Crippen LogP contribution in [-0.2, 0) is 38.1 Å². The van der Waals surface area contributed by atoms with Crippen LogP contribution in [0.3, 0.4) is 0 Å². The van der Waals surface area contributed by atoms with Crippen LogP contribution in [0, 0.1) is 17.8 Å². The lowest BCUT2D eigenvalue weighted by atomic mass is 9.78. The number of hydrogen-bond donors (Lipinski definition) is 4. The monoisotopic (exact) mass is 741 g/mol. The Bertz CT molecular complexity index is 1240. The van der Waals surface area contributed by atoms with Gasteiger partial charge in [0, 0.05) is 37.7 Å². The molecule has 3 aliphatic rings. The van der Waals surface area contributed by atoms with Crippen LogP contribution in [0.15, 0.2) is 0 Å². The third-order valence-electron chi connectivity index (χ3n) is 11.5. The second-order valence-corrected chi connectivity index (χ2v) is 16.2. The molecule has 0 spiro atoms. The fraction of sp³-hybridized carbons (Fsp3) is 0.892. The number of alkyl carbamates (subject to hydrolysis) is 1. The van der Waals surface area contributed by atoms with Gasteiger partial charge in [0.15, 0.2) is 17.7 Å². The Morgan fingerprint density at radius 1 is 1.12 bits per heavy atom. The highest BCUT2D eigenvalue weighted by Gasteiger charge is 2.55. The van der Waals surface area contributed by atoms with Crippen LogP contribution in [0.5, 0.6) is 0 Å². The molecule has 3 saturated heterocycles. The normalized spacial score (nSPS) is 39.7. The molecule has 4 N–H and O–H groups in total. The van der Waals surface area contributed by atoms with Gasteiger partial charge in [-0.1, -0.05) is 20.8 Å². The van der Waals surface area contributed by atoms with Gasteiger partial charge < -0.3 is 49.6 Å². The number of ether oxygens (including phenoxy) is 5. The van der Waals surface area contributed by atoms with Crippen molar-refractivity contribution in [1.29, 1.82) is 0 Å². The average molecular weight is 742 g/mol. The first-order valence-corrected chi connectivity index (χ1v) is 18.8. The number of likely N-dealkylation sites (N-methyl/N-ethyl adjacent to an activating group) is 2. The van der Waals surface area contributed by atoms with E-state index in [-0.39, 0.29) is 43.0 Å². The van der Waals surface area contributed by atoms with E-state index in [4.69, 9.17) is 23.7 Å². The molecule has 2 amide bonds. The van der Waals surface area contributed by atoms with E-state index in [2.05, 4.69) is 22.9 Å². The summed E-state index contributed by atoms with van der Waals surface area (Å²) in [7, 11) is 7.15. The molecule has 13 atom stereocenters. The largest absolute Gasteiger partial charge is 0.458 e. The van der Waals surface area contributed by atoms with Crippen LogP contribution >= 0.6 is 0 Å². The summed E-state index contributed by atoms with van der Waals surface area (Å²) >= 11 is 0. The molecule has 3 aliphatic heterocycles. The van der Waals surface area contributed by atoms with E-state index in [1.807, 2.05) is 65.6 Å². The van der Waals surface area contributed by atoms with Crippen molar-refractivity contribution < 1.29 is 48.0 Å². The number of aliphatic hydroxyl groups excluding tert-OH is 1. The van der Waals surface area contributed by atoms with Crippen LogP contribution in [0.25, 0.3) is 0 Å². The minimum absolute atomic E-state index is 0.0221. The lowest BCUT2D eigenvalue weighted by Crippen LogP contribution is -2.60. The maximum atomic E-state index is 14.3. The predicted octanol–water partition coefficient (Wildman–Crippen LogP) is 1.69. The fourth-order valence-corrected chi connectivity index (χ4v) is 7.85. The number of carbonyl (C=O) groups excluding carboxylic acids is 4. The third kappa shape index (κ3) is 10.2. The van der Waals surface area contributed by atoms with Crippen LogP contribution in [-0.4, -0.2) is 153 Å². The van der Waals surface area contributed by atoms with Gasteiger partial charge >= 0.3 is 12.1 Å². The maximum Gasteiger partial charge on any atom is 0.408 e. The third-order valence-corrected chi connectivity index (χ3v) is 11.5. The quantitative estimate of drug-likeness (QED) is 0.188. The van der Waals surface area contributed by atoms with E-state index in [1.54, 1.807) is 21.0 Å². The van der Waals surface area contributed by atoms with Gasteiger partial charge in [-0.05, 0) is 94.4 Å². The summed E-state index contributed by atoms with van der Waals surface area (Å²) in [6.07, 6.45) is -3.96. The molecule has 3 fully saturated rings. The zero-order valence-corrected chi connectivity index (χ0v) is 33.7. The van der Waals surface area contributed by atoms with Gasteiger partial charge in [-0.2, -0.15) is 0 Å². The standard InChI is InChI=1S/C37H67N5O10/c1-14-27-37(9)31(40-35(47)52-37)24(7)38-17-21(4)16-36(8,48-13)32(22(5)29(44)23(6)33(46)50-27)51-34-30(45)26(41(10)11)15-25(49-34)18-39-28(43)19-42(12)20(2)3/h20-27,30-32,34,38,45H,14-19H2,1-13H3,(H,39,43)(H,40,47)/t21-,22+,23?,24-,25+,26?,27-,30?,31-,32-,34+,36-,37-/m1/s1. The second kappa shape index (κ2) is 18.3. The van der Waals surface area contributed by atoms with Crippen LogP contribution < -0.4 is 16.0 Å². The van der Waals surface area contributed by atoms with Gasteiger partial charge in [-0.15, -0.1) is 0 Å². The number of cyclic esters (lactones) is 1. The molecule has 0 bridgehead atoms. The van der Waals surface area contributed by atoms with Crippen molar-refractivity contribution in [3.8, 4) is 0 Å². The first kappa shape index (κ1) is 44.0. The SMILES string of the molecule is CC[C@H]1OC(=O)C(C)C(=O)[C@H](C)[C@@H](O[C@@H]2O[C@H](CNC(=O)CN(C)C(C)C)CC(N(C)C)C2O)[C@](C)(OC)C[C@@H](C)CN[C@H](C)[C@H]2NC(=O)O[C@@]21C. The summed E-state index contributed by atoms with van der Waals surface area (Å²) in [5, 5.41) is 21.0. The number of rotatable bonds is 10. The molecule has 0 aliphatic carbocycles. The Hall–Kier alpha value is -2.40. The summed E-state index contributed by atoms with van der Waals surface area (Å²) in [5.74, 6) is -3.45. The number of ketones is 1. The molecule has 52 heavy (non-hydrogen) atoms. The van der Waals surface area contributed by atoms with Crippen molar-refractivity contribution in [2.24, 2.45) is 17.8 Å². The Kier molecular flexibility index (Phi) is 15.5. The van der Waals surface area contributed by atoms with E-state index in [0.717, 1.165) is 0 Å². The van der Waals surface area contributed by atoms with Gasteiger partial charge in [0.05, 0.1) is 30.4 Å². The summed E-state index contributed by atoms with van der Waals surface area (Å²) in [4.78, 5) is 57.1. The molecule has 3 unspecified atom stereocenters. The van der Waals surface area contributed by atoms with Gasteiger partial charge in [0.1, 0.15) is 18.1 Å². The van der Waals surface area contributed by atoms with Gasteiger partial charge in [-0.25, -0.2) is 4.79 Å². The zero-order valence-electron chi connectivity index (χ0n) is 33.7. The molecule has 3 heterocycles. The van der Waals surface area contributed by atoms with Crippen LogP contribution in [0.2, 0.25) is 0 Å². The molecule has 15 nitrogen and oxygen atoms in total. The summed E-state index contributed by atoms with van der Waals surface area (Å²) in [5.41, 5.74) is -2.27. The van der Waals surface area contributed by atoms with E-state index < -0.39 is 77.6 Å². The molecule has 3 rings (SSSR count). The molecule has 300 valence electrons. The van der Waals surface area contributed by atoms with Crippen molar-refractivity contribution in [3.63, 3.8) is 0 Å². The highest BCUT2D eigenvalue weighted by molar-refractivity contribution is 6.00. The predicted molar refractivity (Wildman–Crippen MR) is 194 cm³/mol. The smallest absolute Gasteiger partial charge is 0.408 e. The number of hydrogen-bond acceptors (Lipinski definition) is 13. The number of nitrogens with zero attached hydrogens (tertiary/aromatic N) is 2. The highest BCUT2D eigenvalue weighted by atomic mass is 16.7. The van der Waals surface area contributed by atoms with Crippen molar-refractivity contribution in [2.75, 3.05) is 47.9 Å². The van der Waals surface area contributed by atoms with Gasteiger partial charge in [-0.3, -0.25) is 19.3 Å². The lowest BCUT2D eigenvalue weighted by Gasteiger charge is -2.47. The topological polar surface area (TPSA) is 177 Å². The van der Waals surface area contributed by atoms with Crippen molar-refractivity contribution >= 4 is 23.8 Å². The summed E-state index contributed by atoms with van der Waals surface area (Å²) in [6, 6.07) is -0.971. The molecular formula is C37H67N5O10. The molecule has 0 aromatic heterocycles. The minimum atomic E-state index is -1.19. The number of Topliss-reactive ketones (excluding diaryl/α,β-unsaturated/α-hetero) is 1. The van der Waals surface area contributed by atoms with Gasteiger partial charge in [0.2, 0.25) is 5.91 Å². The Balaban J connectivity index is 1.97. The molecule has 0 aromatic carbocycles. The number of carbonyl (C=O) groups is 4. The van der Waals surface area contributed by atoms with E-state index in [0.29, 0.717) is 25.8 Å². The Morgan fingerprint density at radius 3 is 2.35 bits per heavy atom. The second-order valence-electron chi connectivity index (χ2n) is 16.2. The first-order valence-electron chi connectivity index (χ1n) is 18.8. The lowest BCUT2D eigenvalue weighted by molar-refractivity contribution is -0.296. The number of methoxy groups -OCH3 is 1. The van der Waals surface area contributed by atoms with Crippen molar-refractivity contribution in [2.45, 2.75) is 148 Å². The molecular weight excluding hydrogens is 674 g/mol. The minimum Gasteiger partial charge on any atom is -0.458 e. The number of fused-ring (bicyclic) bond motifs is 1. The molecule has 15 heteroatoms.